The zero-order valence-electron chi connectivity index (χ0n) is 15.8. The van der Waals surface area contributed by atoms with Crippen molar-refractivity contribution in [1.29, 1.82) is 0 Å². The Labute approximate surface area is 151 Å². The first-order valence-electron chi connectivity index (χ1n) is 8.51. The van der Waals surface area contributed by atoms with Gasteiger partial charge in [0, 0.05) is 0 Å². The normalized spacial score (nSPS) is 15.8. The SMILES string of the molecule is COc1c[c]2c(c(C)c1OC)C(C)=[C](C)[In]2[CH2]C(C)PC(C)C. The molecule has 1 heterocycles. The van der Waals surface area contributed by atoms with Crippen molar-refractivity contribution in [3.63, 3.8) is 0 Å². The number of rotatable bonds is 6. The molecule has 1 aromatic carbocycles. The van der Waals surface area contributed by atoms with E-state index >= 15 is 0 Å². The van der Waals surface area contributed by atoms with Crippen LogP contribution in [0.1, 0.15) is 45.7 Å². The van der Waals surface area contributed by atoms with Crippen LogP contribution in [0.25, 0.3) is 5.57 Å². The molecule has 126 valence electrons. The van der Waals surface area contributed by atoms with Gasteiger partial charge in [-0.1, -0.05) is 0 Å². The van der Waals surface area contributed by atoms with Gasteiger partial charge >= 0.3 is 152 Å². The van der Waals surface area contributed by atoms with Crippen LogP contribution >= 0.6 is 8.58 Å². The van der Waals surface area contributed by atoms with Crippen LogP contribution in [0.5, 0.6) is 11.5 Å². The Morgan fingerprint density at radius 3 is 2.26 bits per heavy atom. The Balaban J connectivity index is 2.46. The van der Waals surface area contributed by atoms with Gasteiger partial charge in [0.05, 0.1) is 0 Å². The molecule has 0 saturated carbocycles. The van der Waals surface area contributed by atoms with Crippen LogP contribution < -0.4 is 12.8 Å². The van der Waals surface area contributed by atoms with Gasteiger partial charge in [0.15, 0.2) is 0 Å². The van der Waals surface area contributed by atoms with Gasteiger partial charge < -0.3 is 0 Å². The number of fused-ring (bicyclic) bond motifs is 1. The van der Waals surface area contributed by atoms with Crippen molar-refractivity contribution in [3.05, 3.63) is 20.5 Å². The number of allylic oxidation sites excluding steroid dienone is 2. The second-order valence-corrected chi connectivity index (χ2v) is 18.2. The molecular weight excluding hydrogens is 406 g/mol. The van der Waals surface area contributed by atoms with Crippen LogP contribution in [0.15, 0.2) is 9.40 Å². The number of methoxy groups -OCH3 is 2. The summed E-state index contributed by atoms with van der Waals surface area (Å²) in [5.74, 6) is 1.81. The minimum absolute atomic E-state index is 0.815. The van der Waals surface area contributed by atoms with Crippen molar-refractivity contribution in [2.24, 2.45) is 0 Å². The third-order valence-electron chi connectivity index (χ3n) is 5.01. The zero-order valence-corrected chi connectivity index (χ0v) is 20.1. The molecule has 1 aliphatic heterocycles. The average molecular weight is 436 g/mol. The van der Waals surface area contributed by atoms with E-state index in [4.69, 9.17) is 9.47 Å². The van der Waals surface area contributed by atoms with Gasteiger partial charge in [-0.3, -0.25) is 0 Å². The summed E-state index contributed by atoms with van der Waals surface area (Å²) < 4.78 is 16.0. The summed E-state index contributed by atoms with van der Waals surface area (Å²) in [6.45, 7) is 14.0. The van der Waals surface area contributed by atoms with Crippen LogP contribution in [0.3, 0.4) is 0 Å². The second kappa shape index (κ2) is 7.83. The van der Waals surface area contributed by atoms with Crippen LogP contribution in [0, 0.1) is 6.92 Å². The summed E-state index contributed by atoms with van der Waals surface area (Å²) in [5.41, 5.74) is 5.91. The summed E-state index contributed by atoms with van der Waals surface area (Å²) in [6.07, 6.45) is 0. The molecule has 2 rings (SSSR count). The van der Waals surface area contributed by atoms with Crippen molar-refractivity contribution < 1.29 is 9.47 Å². The van der Waals surface area contributed by atoms with E-state index in [1.807, 2.05) is 0 Å². The predicted octanol–water partition coefficient (Wildman–Crippen LogP) is 4.54. The first-order valence-corrected chi connectivity index (χ1v) is 15.3. The van der Waals surface area contributed by atoms with Gasteiger partial charge in [0.25, 0.3) is 0 Å². The van der Waals surface area contributed by atoms with Crippen LogP contribution in [0.2, 0.25) is 4.18 Å². The Morgan fingerprint density at radius 1 is 1.09 bits per heavy atom. The fourth-order valence-corrected chi connectivity index (χ4v) is 18.2. The number of hydrogen-bond donors (Lipinski definition) is 0. The molecule has 0 aromatic heterocycles. The second-order valence-electron chi connectivity index (χ2n) is 7.02. The zero-order chi connectivity index (χ0) is 17.3. The molecule has 0 bridgehead atoms. The Morgan fingerprint density at radius 2 is 1.74 bits per heavy atom. The number of ether oxygens (including phenoxy) is 2. The van der Waals surface area contributed by atoms with E-state index < -0.39 is 21.4 Å². The van der Waals surface area contributed by atoms with Gasteiger partial charge in [-0.2, -0.15) is 0 Å². The fourth-order valence-electron chi connectivity index (χ4n) is 3.96. The summed E-state index contributed by atoms with van der Waals surface area (Å²) in [4.78, 5) is 0. The summed E-state index contributed by atoms with van der Waals surface area (Å²) in [5, 5.41) is 0. The Kier molecular flexibility index (Phi) is 6.53. The topological polar surface area (TPSA) is 18.5 Å². The molecule has 0 spiro atoms. The van der Waals surface area contributed by atoms with Gasteiger partial charge in [-0.15, -0.1) is 0 Å². The molecule has 1 aliphatic rings. The molecule has 0 N–H and O–H groups in total. The molecule has 2 nitrogen and oxygen atoms in total. The van der Waals surface area contributed by atoms with Gasteiger partial charge in [-0.05, 0) is 0 Å². The maximum absolute atomic E-state index is 5.62. The quantitative estimate of drug-likeness (QED) is 0.610. The summed E-state index contributed by atoms with van der Waals surface area (Å²) in [6, 6.07) is 2.30. The third kappa shape index (κ3) is 3.76. The van der Waals surface area contributed by atoms with Crippen molar-refractivity contribution in [2.45, 2.75) is 57.0 Å². The fraction of sp³-hybridized carbons (Fsp3) is 0.579. The van der Waals surface area contributed by atoms with E-state index in [0.29, 0.717) is 0 Å². The molecule has 0 radical (unpaired) electrons. The molecule has 4 heteroatoms. The Hall–Kier alpha value is -0.140. The van der Waals surface area contributed by atoms with E-state index in [1.54, 1.807) is 20.9 Å². The molecule has 2 unspecified atom stereocenters. The molecule has 0 fully saturated rings. The first kappa shape index (κ1) is 19.2. The molecule has 0 amide bonds. The third-order valence-corrected chi connectivity index (χ3v) is 18.9. The number of benzene rings is 1. The van der Waals surface area contributed by atoms with Gasteiger partial charge in [0.2, 0.25) is 0 Å². The number of hydrogen-bond acceptors (Lipinski definition) is 2. The standard InChI is InChI=1S/C13H16O2.C6H14P.In/c1-6-9(2)11-7-8-12(14-4)13(15-5)10(11)3;1-5(2)7-6(3)4;/h8H,1-5H3;5-7H,1H2,2-4H3;. The summed E-state index contributed by atoms with van der Waals surface area (Å²) in [7, 11) is 4.56. The van der Waals surface area contributed by atoms with Crippen LogP contribution in [0.4, 0.5) is 0 Å². The van der Waals surface area contributed by atoms with Crippen molar-refractivity contribution in [3.8, 4) is 11.5 Å². The van der Waals surface area contributed by atoms with Crippen molar-refractivity contribution in [2.75, 3.05) is 14.2 Å². The molecule has 0 saturated heterocycles. The molecule has 23 heavy (non-hydrogen) atoms. The van der Waals surface area contributed by atoms with E-state index in [2.05, 4.69) is 47.6 Å². The average Bonchev–Trinajstić information content (AvgIpc) is 2.71. The van der Waals surface area contributed by atoms with Crippen LogP contribution in [-0.2, 0) is 0 Å². The molecule has 2 atom stereocenters. The van der Waals surface area contributed by atoms with E-state index in [-0.39, 0.29) is 0 Å². The van der Waals surface area contributed by atoms with Gasteiger partial charge in [-0.25, -0.2) is 0 Å². The predicted molar refractivity (Wildman–Crippen MR) is 106 cm³/mol. The van der Waals surface area contributed by atoms with E-state index in [0.717, 1.165) is 31.4 Å². The van der Waals surface area contributed by atoms with E-state index in [9.17, 15) is 0 Å². The van der Waals surface area contributed by atoms with Crippen molar-refractivity contribution >= 4 is 38.9 Å². The molecular formula is C19H30InO2P. The van der Waals surface area contributed by atoms with Crippen molar-refractivity contribution in [1.82, 2.24) is 0 Å². The summed E-state index contributed by atoms with van der Waals surface area (Å²) >= 11 is -1.93. The van der Waals surface area contributed by atoms with Gasteiger partial charge in [0.1, 0.15) is 0 Å². The monoisotopic (exact) mass is 436 g/mol. The first-order chi connectivity index (χ1) is 10.8. The maximum atomic E-state index is 5.62. The van der Waals surface area contributed by atoms with Crippen LogP contribution in [-0.4, -0.2) is 47.0 Å². The van der Waals surface area contributed by atoms with E-state index in [1.165, 1.54) is 20.9 Å². The molecule has 0 aliphatic carbocycles. The Bertz CT molecular complexity index is 622. The molecule has 1 aromatic rings. The minimum atomic E-state index is -1.93.